The zero-order valence-corrected chi connectivity index (χ0v) is 10.5. The summed E-state index contributed by atoms with van der Waals surface area (Å²) in [6, 6.07) is 3.18. The molecule has 0 aliphatic heterocycles. The minimum atomic E-state index is -0.953. The van der Waals surface area contributed by atoms with Crippen molar-refractivity contribution in [3.8, 4) is 5.75 Å². The zero-order chi connectivity index (χ0) is 13.8. The van der Waals surface area contributed by atoms with Crippen molar-refractivity contribution in [3.05, 3.63) is 29.6 Å². The van der Waals surface area contributed by atoms with Gasteiger partial charge in [0.2, 0.25) is 0 Å². The van der Waals surface area contributed by atoms with Crippen LogP contribution in [0.5, 0.6) is 5.75 Å². The molecular formula is C13H18FNO3. The molecule has 0 bridgehead atoms. The summed E-state index contributed by atoms with van der Waals surface area (Å²) < 4.78 is 12.8. The lowest BCUT2D eigenvalue weighted by Crippen LogP contribution is -2.42. The highest BCUT2D eigenvalue weighted by Crippen LogP contribution is 2.18. The number of phenolic OH excluding ortho intramolecular Hbond substituents is 1. The molecule has 0 aliphatic rings. The normalized spacial score (nSPS) is 11.3. The molecule has 0 radical (unpaired) electrons. The number of amides is 1. The smallest absolute Gasteiger partial charge is 0.255 e. The van der Waals surface area contributed by atoms with Crippen molar-refractivity contribution < 1.29 is 19.4 Å². The van der Waals surface area contributed by atoms with Gasteiger partial charge in [-0.3, -0.25) is 4.79 Å². The summed E-state index contributed by atoms with van der Waals surface area (Å²) in [6.07, 6.45) is 1.03. The van der Waals surface area contributed by atoms with Crippen LogP contribution in [0.3, 0.4) is 0 Å². The van der Waals surface area contributed by atoms with Crippen LogP contribution in [0.1, 0.15) is 37.0 Å². The standard InChI is InChI=1S/C13H18FNO3/c1-3-13(18,4-2)8-15-12(17)10-6-5-9(14)7-11(10)16/h5-7,16,18H,3-4,8H2,1-2H3,(H,15,17). The summed E-state index contributed by atoms with van der Waals surface area (Å²) in [5.74, 6) is -1.56. The number of halogens is 1. The Morgan fingerprint density at radius 3 is 2.50 bits per heavy atom. The van der Waals surface area contributed by atoms with E-state index < -0.39 is 23.1 Å². The Labute approximate surface area is 105 Å². The Kier molecular flexibility index (Phi) is 4.67. The summed E-state index contributed by atoms with van der Waals surface area (Å²) in [6.45, 7) is 3.74. The molecule has 0 unspecified atom stereocenters. The van der Waals surface area contributed by atoms with E-state index in [4.69, 9.17) is 0 Å². The van der Waals surface area contributed by atoms with Gasteiger partial charge in [0, 0.05) is 12.6 Å². The fraction of sp³-hybridized carbons (Fsp3) is 0.462. The summed E-state index contributed by atoms with van der Waals surface area (Å²) in [5, 5.41) is 22.0. The molecule has 0 fully saturated rings. The maximum absolute atomic E-state index is 12.8. The molecule has 1 rings (SSSR count). The molecule has 1 aromatic carbocycles. The number of carbonyl (C=O) groups is 1. The van der Waals surface area contributed by atoms with Crippen LogP contribution in [0.25, 0.3) is 0 Å². The minimum Gasteiger partial charge on any atom is -0.507 e. The van der Waals surface area contributed by atoms with Gasteiger partial charge in [0.25, 0.3) is 5.91 Å². The van der Waals surface area contributed by atoms with E-state index >= 15 is 0 Å². The van der Waals surface area contributed by atoms with Gasteiger partial charge in [-0.1, -0.05) is 13.8 Å². The number of aromatic hydroxyl groups is 1. The van der Waals surface area contributed by atoms with Crippen LogP contribution in [0.2, 0.25) is 0 Å². The number of rotatable bonds is 5. The topological polar surface area (TPSA) is 69.6 Å². The second-order valence-electron chi connectivity index (χ2n) is 4.28. The molecule has 3 N–H and O–H groups in total. The summed E-state index contributed by atoms with van der Waals surface area (Å²) in [7, 11) is 0. The number of hydrogen-bond acceptors (Lipinski definition) is 3. The zero-order valence-electron chi connectivity index (χ0n) is 10.5. The second kappa shape index (κ2) is 5.82. The van der Waals surface area contributed by atoms with Crippen molar-refractivity contribution in [2.24, 2.45) is 0 Å². The predicted octanol–water partition coefficient (Wildman–Crippen LogP) is 1.81. The molecule has 5 heteroatoms. The Morgan fingerprint density at radius 2 is 2.00 bits per heavy atom. The van der Waals surface area contributed by atoms with Crippen molar-refractivity contribution in [1.29, 1.82) is 0 Å². The Balaban J connectivity index is 2.71. The molecule has 0 saturated heterocycles. The number of phenols is 1. The fourth-order valence-corrected chi connectivity index (χ4v) is 1.54. The summed E-state index contributed by atoms with van der Waals surface area (Å²) in [5.41, 5.74) is -0.961. The van der Waals surface area contributed by atoms with Gasteiger partial charge in [0.15, 0.2) is 0 Å². The summed E-state index contributed by atoms with van der Waals surface area (Å²) in [4.78, 5) is 11.8. The van der Waals surface area contributed by atoms with Crippen LogP contribution < -0.4 is 5.32 Å². The van der Waals surface area contributed by atoms with Gasteiger partial charge in [-0.25, -0.2) is 4.39 Å². The molecule has 1 amide bonds. The van der Waals surface area contributed by atoms with Gasteiger partial charge in [-0.2, -0.15) is 0 Å². The highest BCUT2D eigenvalue weighted by Gasteiger charge is 2.23. The highest BCUT2D eigenvalue weighted by molar-refractivity contribution is 5.96. The van der Waals surface area contributed by atoms with E-state index in [1.54, 1.807) is 0 Å². The van der Waals surface area contributed by atoms with Crippen LogP contribution in [-0.4, -0.2) is 28.3 Å². The first-order valence-corrected chi connectivity index (χ1v) is 5.91. The molecule has 1 aromatic rings. The van der Waals surface area contributed by atoms with Crippen molar-refractivity contribution in [2.75, 3.05) is 6.54 Å². The molecule has 0 saturated carbocycles. The lowest BCUT2D eigenvalue weighted by Gasteiger charge is -2.25. The second-order valence-corrected chi connectivity index (χ2v) is 4.28. The average molecular weight is 255 g/mol. The maximum Gasteiger partial charge on any atom is 0.255 e. The first kappa shape index (κ1) is 14.4. The number of carbonyl (C=O) groups excluding carboxylic acids is 1. The minimum absolute atomic E-state index is 0.00837. The number of benzene rings is 1. The van der Waals surface area contributed by atoms with Crippen LogP contribution in [-0.2, 0) is 0 Å². The molecule has 0 aliphatic carbocycles. The molecule has 0 heterocycles. The van der Waals surface area contributed by atoms with E-state index in [1.807, 2.05) is 13.8 Å². The van der Waals surface area contributed by atoms with E-state index in [1.165, 1.54) is 6.07 Å². The van der Waals surface area contributed by atoms with Crippen molar-refractivity contribution >= 4 is 5.91 Å². The summed E-state index contributed by atoms with van der Waals surface area (Å²) >= 11 is 0. The molecule has 4 nitrogen and oxygen atoms in total. The van der Waals surface area contributed by atoms with Crippen LogP contribution in [0.15, 0.2) is 18.2 Å². The maximum atomic E-state index is 12.8. The van der Waals surface area contributed by atoms with Crippen molar-refractivity contribution in [1.82, 2.24) is 5.32 Å². The van der Waals surface area contributed by atoms with Gasteiger partial charge in [0.05, 0.1) is 11.2 Å². The third-order valence-electron chi connectivity index (χ3n) is 3.10. The fourth-order valence-electron chi connectivity index (χ4n) is 1.54. The molecule has 18 heavy (non-hydrogen) atoms. The van der Waals surface area contributed by atoms with Crippen LogP contribution in [0, 0.1) is 5.82 Å². The van der Waals surface area contributed by atoms with Gasteiger partial charge in [0.1, 0.15) is 11.6 Å². The van der Waals surface area contributed by atoms with Crippen molar-refractivity contribution in [3.63, 3.8) is 0 Å². The van der Waals surface area contributed by atoms with E-state index in [0.717, 1.165) is 12.1 Å². The van der Waals surface area contributed by atoms with E-state index in [2.05, 4.69) is 5.32 Å². The average Bonchev–Trinajstić information content (AvgIpc) is 2.35. The SMILES string of the molecule is CCC(O)(CC)CNC(=O)c1ccc(F)cc1O. The van der Waals surface area contributed by atoms with Crippen LogP contribution >= 0.6 is 0 Å². The quantitative estimate of drug-likeness (QED) is 0.751. The molecule has 0 aromatic heterocycles. The lowest BCUT2D eigenvalue weighted by atomic mass is 9.97. The Morgan fingerprint density at radius 1 is 1.39 bits per heavy atom. The third-order valence-corrected chi connectivity index (χ3v) is 3.10. The Hall–Kier alpha value is -1.62. The van der Waals surface area contributed by atoms with E-state index in [0.29, 0.717) is 12.8 Å². The first-order valence-electron chi connectivity index (χ1n) is 5.91. The van der Waals surface area contributed by atoms with Gasteiger partial charge < -0.3 is 15.5 Å². The highest BCUT2D eigenvalue weighted by atomic mass is 19.1. The monoisotopic (exact) mass is 255 g/mol. The van der Waals surface area contributed by atoms with Gasteiger partial charge in [-0.15, -0.1) is 0 Å². The largest absolute Gasteiger partial charge is 0.507 e. The van der Waals surface area contributed by atoms with E-state index in [9.17, 15) is 19.4 Å². The first-order chi connectivity index (χ1) is 8.41. The van der Waals surface area contributed by atoms with E-state index in [-0.39, 0.29) is 12.1 Å². The number of hydrogen-bond donors (Lipinski definition) is 3. The lowest BCUT2D eigenvalue weighted by molar-refractivity contribution is 0.0313. The van der Waals surface area contributed by atoms with Crippen LogP contribution in [0.4, 0.5) is 4.39 Å². The van der Waals surface area contributed by atoms with Gasteiger partial charge >= 0.3 is 0 Å². The predicted molar refractivity (Wildman–Crippen MR) is 65.9 cm³/mol. The van der Waals surface area contributed by atoms with Crippen molar-refractivity contribution in [2.45, 2.75) is 32.3 Å². The Bertz CT molecular complexity index is 430. The molecule has 0 atom stereocenters. The number of nitrogens with one attached hydrogen (secondary N) is 1. The van der Waals surface area contributed by atoms with Gasteiger partial charge in [-0.05, 0) is 25.0 Å². The number of aliphatic hydroxyl groups is 1. The molecule has 0 spiro atoms. The molecule has 100 valence electrons. The molecular weight excluding hydrogens is 237 g/mol. The third kappa shape index (κ3) is 3.43.